The zero-order valence-electron chi connectivity index (χ0n) is 22.5. The van der Waals surface area contributed by atoms with Crippen molar-refractivity contribution in [2.45, 2.75) is 52.4 Å². The molecule has 1 atom stereocenters. The van der Waals surface area contributed by atoms with E-state index in [0.717, 1.165) is 15.6 Å². The van der Waals surface area contributed by atoms with E-state index in [1.54, 1.807) is 15.9 Å². The van der Waals surface area contributed by atoms with Crippen LogP contribution in [0.5, 0.6) is 5.75 Å². The van der Waals surface area contributed by atoms with Gasteiger partial charge >= 0.3 is 6.09 Å². The van der Waals surface area contributed by atoms with E-state index in [2.05, 4.69) is 15.9 Å². The predicted octanol–water partition coefficient (Wildman–Crippen LogP) is 8.26. The number of rotatable bonds is 5. The molecule has 0 spiro atoms. The number of carbonyl (C=O) groups excluding carboxylic acids is 2. The van der Waals surface area contributed by atoms with Gasteiger partial charge in [0, 0.05) is 39.3 Å². The molecule has 4 rings (SSSR count). The lowest BCUT2D eigenvalue weighted by atomic mass is 10.1. The quantitative estimate of drug-likeness (QED) is 0.273. The first-order valence-corrected chi connectivity index (χ1v) is 14.0. The highest BCUT2D eigenvalue weighted by molar-refractivity contribution is 9.10. The predicted molar refractivity (Wildman–Crippen MR) is 161 cm³/mol. The van der Waals surface area contributed by atoms with Crippen LogP contribution in [0.2, 0.25) is 5.02 Å². The number of anilines is 2. The van der Waals surface area contributed by atoms with Crippen molar-refractivity contribution in [1.82, 2.24) is 0 Å². The molecule has 2 amide bonds. The van der Waals surface area contributed by atoms with Gasteiger partial charge in [0.05, 0.1) is 11.4 Å². The third kappa shape index (κ3) is 7.22. The number of nitrogens with zero attached hydrogens (tertiary/aromatic N) is 2. The van der Waals surface area contributed by atoms with Crippen molar-refractivity contribution in [3.05, 3.63) is 93.4 Å². The van der Waals surface area contributed by atoms with Gasteiger partial charge < -0.3 is 14.4 Å². The Bertz CT molecular complexity index is 1380. The Morgan fingerprint density at radius 3 is 2.46 bits per heavy atom. The summed E-state index contributed by atoms with van der Waals surface area (Å²) in [7, 11) is 0. The zero-order chi connectivity index (χ0) is 28.2. The number of amides is 2. The molecule has 1 aliphatic rings. The van der Waals surface area contributed by atoms with Gasteiger partial charge in [-0.2, -0.15) is 0 Å². The Morgan fingerprint density at radius 2 is 1.74 bits per heavy atom. The highest BCUT2D eigenvalue weighted by atomic mass is 79.9. The van der Waals surface area contributed by atoms with Crippen LogP contribution < -0.4 is 14.5 Å². The molecule has 0 saturated heterocycles. The molecular formula is C31H32BrClN2O4. The van der Waals surface area contributed by atoms with Gasteiger partial charge in [0.2, 0.25) is 0 Å². The molecule has 1 unspecified atom stereocenters. The number of halogens is 2. The molecule has 0 aromatic heterocycles. The summed E-state index contributed by atoms with van der Waals surface area (Å²) in [5.41, 5.74) is 2.29. The standard InChI is InChI=1S/C31H32BrClN2O4/c1-21-17-18-34(26-11-7-8-12-27(26)35(21)30(37)39-31(2,3)4)29(36)16-13-22-19-24(32)14-15-28(22)38-20-23-9-5-6-10-25(23)33/h5-16,19,21H,17-18,20H2,1-4H3/b16-13+. The van der Waals surface area contributed by atoms with Crippen molar-refractivity contribution in [2.75, 3.05) is 16.3 Å². The van der Waals surface area contributed by atoms with E-state index in [4.69, 9.17) is 21.1 Å². The second-order valence-corrected chi connectivity index (χ2v) is 11.7. The summed E-state index contributed by atoms with van der Waals surface area (Å²) in [5.74, 6) is 0.431. The SMILES string of the molecule is CC1CCN(C(=O)/C=C/c2cc(Br)ccc2OCc2ccccc2Cl)c2ccccc2N1C(=O)OC(C)(C)C. The summed E-state index contributed by atoms with van der Waals surface area (Å²) in [6.45, 7) is 8.24. The number of fused-ring (bicyclic) bond motifs is 1. The number of hydrogen-bond acceptors (Lipinski definition) is 4. The molecule has 0 saturated carbocycles. The van der Waals surface area contributed by atoms with E-state index in [1.165, 1.54) is 6.08 Å². The molecule has 0 fully saturated rings. The summed E-state index contributed by atoms with van der Waals surface area (Å²) in [6.07, 6.45) is 3.45. The fraction of sp³-hybridized carbons (Fsp3) is 0.290. The molecule has 3 aromatic rings. The summed E-state index contributed by atoms with van der Waals surface area (Å²) in [4.78, 5) is 30.0. The normalized spacial score (nSPS) is 15.6. The second kappa shape index (κ2) is 12.3. The van der Waals surface area contributed by atoms with E-state index < -0.39 is 11.7 Å². The molecule has 0 N–H and O–H groups in total. The first-order valence-electron chi connectivity index (χ1n) is 12.8. The maximum absolute atomic E-state index is 13.6. The lowest BCUT2D eigenvalue weighted by Crippen LogP contribution is -2.42. The fourth-order valence-electron chi connectivity index (χ4n) is 4.32. The van der Waals surface area contributed by atoms with Crippen LogP contribution in [-0.4, -0.2) is 30.2 Å². The minimum Gasteiger partial charge on any atom is -0.488 e. The van der Waals surface area contributed by atoms with Crippen molar-refractivity contribution in [3.63, 3.8) is 0 Å². The molecule has 39 heavy (non-hydrogen) atoms. The molecule has 6 nitrogen and oxygen atoms in total. The summed E-state index contributed by atoms with van der Waals surface area (Å²) in [6, 6.07) is 20.4. The van der Waals surface area contributed by atoms with Gasteiger partial charge in [-0.25, -0.2) is 4.79 Å². The Labute approximate surface area is 243 Å². The molecule has 1 heterocycles. The molecule has 3 aromatic carbocycles. The minimum absolute atomic E-state index is 0.155. The van der Waals surface area contributed by atoms with Crippen LogP contribution in [0.1, 0.15) is 45.2 Å². The minimum atomic E-state index is -0.633. The molecule has 0 bridgehead atoms. The highest BCUT2D eigenvalue weighted by Gasteiger charge is 2.33. The zero-order valence-corrected chi connectivity index (χ0v) is 24.8. The summed E-state index contributed by atoms with van der Waals surface area (Å²) < 4.78 is 12.6. The fourth-order valence-corrected chi connectivity index (χ4v) is 4.89. The maximum Gasteiger partial charge on any atom is 0.415 e. The van der Waals surface area contributed by atoms with Gasteiger partial charge in [-0.05, 0) is 76.6 Å². The number of benzene rings is 3. The third-order valence-corrected chi connectivity index (χ3v) is 7.08. The molecule has 8 heteroatoms. The molecule has 0 aliphatic carbocycles. The highest BCUT2D eigenvalue weighted by Crippen LogP contribution is 2.36. The first-order chi connectivity index (χ1) is 18.5. The van der Waals surface area contributed by atoms with Gasteiger partial charge in [-0.3, -0.25) is 9.69 Å². The smallest absolute Gasteiger partial charge is 0.415 e. The van der Waals surface area contributed by atoms with E-state index in [1.807, 2.05) is 94.4 Å². The first kappa shape index (κ1) is 28.7. The Morgan fingerprint density at radius 1 is 1.05 bits per heavy atom. The number of carbonyl (C=O) groups is 2. The van der Waals surface area contributed by atoms with Crippen LogP contribution in [0.3, 0.4) is 0 Å². The van der Waals surface area contributed by atoms with Crippen molar-refractivity contribution >= 4 is 57.0 Å². The molecule has 204 valence electrons. The van der Waals surface area contributed by atoms with Crippen LogP contribution >= 0.6 is 27.5 Å². The molecule has 0 radical (unpaired) electrons. The Kier molecular flexibility index (Phi) is 9.03. The van der Waals surface area contributed by atoms with E-state index in [-0.39, 0.29) is 11.9 Å². The Balaban J connectivity index is 1.59. The lowest BCUT2D eigenvalue weighted by molar-refractivity contribution is -0.114. The van der Waals surface area contributed by atoms with Crippen molar-refractivity contribution in [3.8, 4) is 5.75 Å². The average Bonchev–Trinajstić information content (AvgIpc) is 3.02. The maximum atomic E-state index is 13.6. The Hall–Kier alpha value is -3.29. The largest absolute Gasteiger partial charge is 0.488 e. The van der Waals surface area contributed by atoms with Gasteiger partial charge in [-0.15, -0.1) is 0 Å². The summed E-state index contributed by atoms with van der Waals surface area (Å²) >= 11 is 9.80. The monoisotopic (exact) mass is 610 g/mol. The number of para-hydroxylation sites is 2. The average molecular weight is 612 g/mol. The van der Waals surface area contributed by atoms with E-state index >= 15 is 0 Å². The van der Waals surface area contributed by atoms with E-state index in [9.17, 15) is 9.59 Å². The van der Waals surface area contributed by atoms with Crippen LogP contribution in [0.25, 0.3) is 6.08 Å². The van der Waals surface area contributed by atoms with Gasteiger partial charge in [-0.1, -0.05) is 57.9 Å². The van der Waals surface area contributed by atoms with Crippen LogP contribution in [0.15, 0.2) is 77.3 Å². The lowest BCUT2D eigenvalue weighted by Gasteiger charge is -2.31. The van der Waals surface area contributed by atoms with Crippen molar-refractivity contribution in [2.24, 2.45) is 0 Å². The number of hydrogen-bond donors (Lipinski definition) is 0. The van der Waals surface area contributed by atoms with Gasteiger partial charge in [0.25, 0.3) is 5.91 Å². The van der Waals surface area contributed by atoms with Crippen LogP contribution in [-0.2, 0) is 16.1 Å². The van der Waals surface area contributed by atoms with Gasteiger partial charge in [0.1, 0.15) is 18.0 Å². The number of ether oxygens (including phenoxy) is 2. The van der Waals surface area contributed by atoms with Crippen molar-refractivity contribution in [1.29, 1.82) is 0 Å². The van der Waals surface area contributed by atoms with E-state index in [0.29, 0.717) is 41.7 Å². The summed E-state index contributed by atoms with van der Waals surface area (Å²) in [5, 5.41) is 0.636. The van der Waals surface area contributed by atoms with Crippen LogP contribution in [0, 0.1) is 0 Å². The molecular weight excluding hydrogens is 580 g/mol. The second-order valence-electron chi connectivity index (χ2n) is 10.4. The molecule has 1 aliphatic heterocycles. The van der Waals surface area contributed by atoms with Crippen molar-refractivity contribution < 1.29 is 19.1 Å². The third-order valence-electron chi connectivity index (χ3n) is 6.22. The van der Waals surface area contributed by atoms with Crippen LogP contribution in [0.4, 0.5) is 16.2 Å². The topological polar surface area (TPSA) is 59.1 Å². The van der Waals surface area contributed by atoms with Gasteiger partial charge in [0.15, 0.2) is 0 Å².